The van der Waals surface area contributed by atoms with Crippen LogP contribution in [0, 0.1) is 12.7 Å². The van der Waals surface area contributed by atoms with E-state index >= 15 is 0 Å². The molecule has 0 heterocycles. The molecule has 2 heteroatoms. The SMILES string of the molecule is CPc1cccc(F)c1C. The lowest BCUT2D eigenvalue weighted by molar-refractivity contribution is 0.620. The molecular formula is C8H10FP. The van der Waals surface area contributed by atoms with Gasteiger partial charge in [0.25, 0.3) is 0 Å². The molecule has 1 atom stereocenters. The van der Waals surface area contributed by atoms with Crippen LogP contribution in [0.25, 0.3) is 0 Å². The lowest BCUT2D eigenvalue weighted by Gasteiger charge is -2.01. The molecule has 0 bridgehead atoms. The van der Waals surface area contributed by atoms with E-state index in [1.165, 1.54) is 6.07 Å². The van der Waals surface area contributed by atoms with Crippen LogP contribution in [-0.2, 0) is 0 Å². The van der Waals surface area contributed by atoms with Crippen molar-refractivity contribution in [3.63, 3.8) is 0 Å². The lowest BCUT2D eigenvalue weighted by Crippen LogP contribution is -2.00. The first-order valence-electron chi connectivity index (χ1n) is 3.18. The molecule has 0 amide bonds. The highest BCUT2D eigenvalue weighted by molar-refractivity contribution is 7.46. The van der Waals surface area contributed by atoms with Crippen LogP contribution in [0.5, 0.6) is 0 Å². The van der Waals surface area contributed by atoms with Crippen LogP contribution in [0.2, 0.25) is 0 Å². The van der Waals surface area contributed by atoms with Crippen molar-refractivity contribution < 1.29 is 4.39 Å². The highest BCUT2D eigenvalue weighted by Crippen LogP contribution is 2.10. The highest BCUT2D eigenvalue weighted by atomic mass is 31.1. The zero-order chi connectivity index (χ0) is 7.56. The van der Waals surface area contributed by atoms with Crippen molar-refractivity contribution in [2.75, 3.05) is 6.66 Å². The van der Waals surface area contributed by atoms with Gasteiger partial charge in [-0.3, -0.25) is 0 Å². The zero-order valence-electron chi connectivity index (χ0n) is 6.11. The molecule has 0 aliphatic heterocycles. The standard InChI is InChI=1S/C8H10FP/c1-6-7(9)4-3-5-8(6)10-2/h3-5,10H,1-2H3. The van der Waals surface area contributed by atoms with Crippen molar-refractivity contribution in [3.8, 4) is 0 Å². The maximum absolute atomic E-state index is 12.8. The molecule has 10 heavy (non-hydrogen) atoms. The van der Waals surface area contributed by atoms with Crippen molar-refractivity contribution in [3.05, 3.63) is 29.6 Å². The molecule has 0 N–H and O–H groups in total. The van der Waals surface area contributed by atoms with Crippen LogP contribution in [0.15, 0.2) is 18.2 Å². The third-order valence-electron chi connectivity index (χ3n) is 1.54. The predicted octanol–water partition coefficient (Wildman–Crippen LogP) is 2.07. The average molecular weight is 156 g/mol. The van der Waals surface area contributed by atoms with E-state index in [4.69, 9.17) is 0 Å². The van der Waals surface area contributed by atoms with E-state index in [2.05, 4.69) is 6.66 Å². The van der Waals surface area contributed by atoms with Crippen molar-refractivity contribution >= 4 is 13.9 Å². The molecule has 1 unspecified atom stereocenters. The fourth-order valence-corrected chi connectivity index (χ4v) is 1.64. The van der Waals surface area contributed by atoms with Crippen LogP contribution in [0.4, 0.5) is 4.39 Å². The van der Waals surface area contributed by atoms with Crippen LogP contribution < -0.4 is 5.30 Å². The summed E-state index contributed by atoms with van der Waals surface area (Å²) in [5.74, 6) is -0.0909. The van der Waals surface area contributed by atoms with Crippen molar-refractivity contribution in [2.45, 2.75) is 6.92 Å². The van der Waals surface area contributed by atoms with Crippen LogP contribution in [0.3, 0.4) is 0 Å². The molecule has 0 aliphatic carbocycles. The van der Waals surface area contributed by atoms with Gasteiger partial charge < -0.3 is 0 Å². The molecule has 0 spiro atoms. The Morgan fingerprint density at radius 3 is 2.60 bits per heavy atom. The van der Waals surface area contributed by atoms with E-state index in [9.17, 15) is 4.39 Å². The Bertz CT molecular complexity index is 233. The van der Waals surface area contributed by atoms with Gasteiger partial charge in [0, 0.05) is 0 Å². The summed E-state index contributed by atoms with van der Waals surface area (Å²) in [5.41, 5.74) is 0.795. The second-order valence-electron chi connectivity index (χ2n) is 2.16. The van der Waals surface area contributed by atoms with Crippen molar-refractivity contribution in [2.24, 2.45) is 0 Å². The first-order valence-corrected chi connectivity index (χ1v) is 4.68. The summed E-state index contributed by atoms with van der Waals surface area (Å²) in [6, 6.07) is 5.23. The Morgan fingerprint density at radius 1 is 1.40 bits per heavy atom. The summed E-state index contributed by atoms with van der Waals surface area (Å²) in [6.07, 6.45) is 0. The van der Waals surface area contributed by atoms with Gasteiger partial charge in [0.05, 0.1) is 0 Å². The van der Waals surface area contributed by atoms with E-state index in [1.54, 1.807) is 6.07 Å². The minimum absolute atomic E-state index is 0.0909. The minimum atomic E-state index is -0.0909. The average Bonchev–Trinajstić information content (AvgIpc) is 1.95. The van der Waals surface area contributed by atoms with Crippen LogP contribution in [0.1, 0.15) is 5.56 Å². The van der Waals surface area contributed by atoms with Gasteiger partial charge in [-0.05, 0) is 30.5 Å². The minimum Gasteiger partial charge on any atom is -0.207 e. The fraction of sp³-hybridized carbons (Fsp3) is 0.250. The molecule has 0 saturated heterocycles. The summed E-state index contributed by atoms with van der Waals surface area (Å²) < 4.78 is 12.8. The molecule has 0 radical (unpaired) electrons. The topological polar surface area (TPSA) is 0 Å². The van der Waals surface area contributed by atoms with Crippen molar-refractivity contribution in [1.82, 2.24) is 0 Å². The number of halogens is 1. The smallest absolute Gasteiger partial charge is 0.126 e. The summed E-state index contributed by atoms with van der Waals surface area (Å²) in [7, 11) is 0.685. The third-order valence-corrected chi connectivity index (χ3v) is 2.62. The number of hydrogen-bond acceptors (Lipinski definition) is 0. The molecule has 0 saturated carbocycles. The van der Waals surface area contributed by atoms with Gasteiger partial charge in [0.1, 0.15) is 5.82 Å². The van der Waals surface area contributed by atoms with E-state index in [0.29, 0.717) is 8.58 Å². The van der Waals surface area contributed by atoms with E-state index in [1.807, 2.05) is 13.0 Å². The lowest BCUT2D eigenvalue weighted by atomic mass is 10.2. The number of hydrogen-bond donors (Lipinski definition) is 0. The normalized spacial score (nSPS) is 11.1. The second-order valence-corrected chi connectivity index (χ2v) is 3.20. The zero-order valence-corrected chi connectivity index (χ0v) is 7.11. The largest absolute Gasteiger partial charge is 0.207 e. The summed E-state index contributed by atoms with van der Waals surface area (Å²) in [5, 5.41) is 1.13. The summed E-state index contributed by atoms with van der Waals surface area (Å²) >= 11 is 0. The Hall–Kier alpha value is -0.420. The molecule has 0 nitrogen and oxygen atoms in total. The molecule has 1 aromatic rings. The highest BCUT2D eigenvalue weighted by Gasteiger charge is 1.99. The third kappa shape index (κ3) is 1.35. The molecule has 0 aromatic heterocycles. The molecule has 0 fully saturated rings. The fourth-order valence-electron chi connectivity index (χ4n) is 0.878. The van der Waals surface area contributed by atoms with Gasteiger partial charge in [-0.2, -0.15) is 0 Å². The predicted molar refractivity (Wildman–Crippen MR) is 45.0 cm³/mol. The molecule has 54 valence electrons. The van der Waals surface area contributed by atoms with Gasteiger partial charge in [0.15, 0.2) is 0 Å². The maximum atomic E-state index is 12.8. The van der Waals surface area contributed by atoms with Crippen LogP contribution >= 0.6 is 8.58 Å². The molecule has 0 aliphatic rings. The van der Waals surface area contributed by atoms with E-state index < -0.39 is 0 Å². The quantitative estimate of drug-likeness (QED) is 0.546. The Labute approximate surface area is 62.2 Å². The number of benzene rings is 1. The first-order chi connectivity index (χ1) is 4.75. The van der Waals surface area contributed by atoms with Gasteiger partial charge in [0.2, 0.25) is 0 Å². The Morgan fingerprint density at radius 2 is 2.10 bits per heavy atom. The Balaban J connectivity index is 3.14. The van der Waals surface area contributed by atoms with Gasteiger partial charge >= 0.3 is 0 Å². The molecule has 1 aromatic carbocycles. The first kappa shape index (κ1) is 7.68. The molecule has 1 rings (SSSR count). The van der Waals surface area contributed by atoms with Gasteiger partial charge in [-0.25, -0.2) is 4.39 Å². The van der Waals surface area contributed by atoms with E-state index in [0.717, 1.165) is 10.9 Å². The molecular weight excluding hydrogens is 146 g/mol. The summed E-state index contributed by atoms with van der Waals surface area (Å²) in [6.45, 7) is 3.88. The van der Waals surface area contributed by atoms with Gasteiger partial charge in [-0.15, -0.1) is 0 Å². The van der Waals surface area contributed by atoms with E-state index in [-0.39, 0.29) is 5.82 Å². The second kappa shape index (κ2) is 3.12. The number of rotatable bonds is 1. The maximum Gasteiger partial charge on any atom is 0.126 e. The summed E-state index contributed by atoms with van der Waals surface area (Å²) in [4.78, 5) is 0. The van der Waals surface area contributed by atoms with Crippen molar-refractivity contribution in [1.29, 1.82) is 0 Å². The Kier molecular flexibility index (Phi) is 2.39. The monoisotopic (exact) mass is 156 g/mol. The van der Waals surface area contributed by atoms with Gasteiger partial charge in [-0.1, -0.05) is 20.7 Å². The van der Waals surface area contributed by atoms with Crippen LogP contribution in [-0.4, -0.2) is 6.66 Å².